The van der Waals surface area contributed by atoms with Crippen LogP contribution < -0.4 is 5.32 Å². The largest absolute Gasteiger partial charge is 0.349 e. The summed E-state index contributed by atoms with van der Waals surface area (Å²) in [6.45, 7) is 6.92. The summed E-state index contributed by atoms with van der Waals surface area (Å²) in [5.41, 5.74) is 4.90. The fraction of sp³-hybridized carbons (Fsp3) is 0.417. The highest BCUT2D eigenvalue weighted by Gasteiger charge is 2.05. The van der Waals surface area contributed by atoms with Crippen molar-refractivity contribution in [2.45, 2.75) is 33.2 Å². The Bertz CT molecular complexity index is 479. The predicted molar refractivity (Wildman–Crippen MR) is 70.3 cm³/mol. The van der Waals surface area contributed by atoms with E-state index >= 15 is 0 Å². The van der Waals surface area contributed by atoms with Crippen molar-refractivity contribution >= 4 is 17.3 Å². The molecule has 2 aromatic heterocycles. The van der Waals surface area contributed by atoms with Gasteiger partial charge in [-0.15, -0.1) is 11.3 Å². The molecule has 0 unspecified atom stereocenters. The second kappa shape index (κ2) is 5.23. The molecule has 0 aromatic carbocycles. The third kappa shape index (κ3) is 3.23. The molecule has 2 rings (SSSR count). The molecule has 2 aromatic rings. The molecule has 17 heavy (non-hydrogen) atoms. The van der Waals surface area contributed by atoms with Crippen LogP contribution >= 0.6 is 11.3 Å². The van der Waals surface area contributed by atoms with E-state index in [1.54, 1.807) is 11.3 Å². The summed E-state index contributed by atoms with van der Waals surface area (Å²) in [6, 6.07) is 2.03. The minimum absolute atomic E-state index is 0.413. The van der Waals surface area contributed by atoms with Crippen molar-refractivity contribution in [1.82, 2.24) is 15.0 Å². The molecule has 0 spiro atoms. The normalized spacial score (nSPS) is 10.8. The molecule has 0 aliphatic carbocycles. The Labute approximate surface area is 105 Å². The third-order valence-electron chi connectivity index (χ3n) is 2.38. The van der Waals surface area contributed by atoms with E-state index in [0.29, 0.717) is 18.4 Å². The molecule has 0 amide bonds. The van der Waals surface area contributed by atoms with E-state index in [2.05, 4.69) is 34.1 Å². The number of hydrogen-bond donors (Lipinski definition) is 1. The van der Waals surface area contributed by atoms with Gasteiger partial charge in [0.1, 0.15) is 0 Å². The lowest BCUT2D eigenvalue weighted by atomic mass is 10.1. The van der Waals surface area contributed by atoms with Crippen LogP contribution in [-0.2, 0) is 6.54 Å². The zero-order chi connectivity index (χ0) is 12.3. The highest BCUT2D eigenvalue weighted by atomic mass is 32.1. The average Bonchev–Trinajstić information content (AvgIpc) is 2.78. The summed E-state index contributed by atoms with van der Waals surface area (Å²) in [4.78, 5) is 13.1. The average molecular weight is 248 g/mol. The second-order valence-electron chi connectivity index (χ2n) is 4.25. The van der Waals surface area contributed by atoms with Crippen molar-refractivity contribution in [2.75, 3.05) is 5.32 Å². The Morgan fingerprint density at radius 2 is 2.18 bits per heavy atom. The standard InChI is InChI=1S/C12H16N4S/c1-8(2)11-4-9(3)15-12(16-11)13-5-10-6-17-7-14-10/h4,6-8H,5H2,1-3H3,(H,13,15,16). The van der Waals surface area contributed by atoms with Crippen molar-refractivity contribution in [3.05, 3.63) is 34.0 Å². The van der Waals surface area contributed by atoms with Crippen LogP contribution in [-0.4, -0.2) is 15.0 Å². The van der Waals surface area contributed by atoms with E-state index in [-0.39, 0.29) is 0 Å². The van der Waals surface area contributed by atoms with Crippen molar-refractivity contribution in [2.24, 2.45) is 0 Å². The number of anilines is 1. The molecule has 0 atom stereocenters. The van der Waals surface area contributed by atoms with Gasteiger partial charge in [-0.2, -0.15) is 0 Å². The molecular formula is C12H16N4S. The van der Waals surface area contributed by atoms with E-state index in [4.69, 9.17) is 0 Å². The predicted octanol–water partition coefficient (Wildman–Crippen LogP) is 2.98. The summed E-state index contributed by atoms with van der Waals surface area (Å²) in [5.74, 6) is 1.10. The van der Waals surface area contributed by atoms with Crippen LogP contribution in [0.4, 0.5) is 5.95 Å². The maximum Gasteiger partial charge on any atom is 0.223 e. The quantitative estimate of drug-likeness (QED) is 0.903. The summed E-state index contributed by atoms with van der Waals surface area (Å²) in [6.07, 6.45) is 0. The number of aryl methyl sites for hydroxylation is 1. The van der Waals surface area contributed by atoms with Gasteiger partial charge in [0.2, 0.25) is 5.95 Å². The number of nitrogens with zero attached hydrogens (tertiary/aromatic N) is 3. The maximum absolute atomic E-state index is 4.49. The Morgan fingerprint density at radius 1 is 1.35 bits per heavy atom. The lowest BCUT2D eigenvalue weighted by Gasteiger charge is -2.09. The lowest BCUT2D eigenvalue weighted by Crippen LogP contribution is -2.07. The molecule has 0 radical (unpaired) electrons. The molecule has 90 valence electrons. The van der Waals surface area contributed by atoms with E-state index in [1.807, 2.05) is 23.9 Å². The van der Waals surface area contributed by atoms with Crippen molar-refractivity contribution in [3.63, 3.8) is 0 Å². The highest BCUT2D eigenvalue weighted by Crippen LogP contribution is 2.14. The molecule has 0 fully saturated rings. The minimum Gasteiger partial charge on any atom is -0.349 e. The summed E-state index contributed by atoms with van der Waals surface area (Å²) in [7, 11) is 0. The number of aromatic nitrogens is 3. The minimum atomic E-state index is 0.413. The first kappa shape index (κ1) is 12.0. The monoisotopic (exact) mass is 248 g/mol. The van der Waals surface area contributed by atoms with Crippen LogP contribution in [0.25, 0.3) is 0 Å². The number of nitrogens with one attached hydrogen (secondary N) is 1. The summed E-state index contributed by atoms with van der Waals surface area (Å²) < 4.78 is 0. The summed E-state index contributed by atoms with van der Waals surface area (Å²) >= 11 is 1.59. The van der Waals surface area contributed by atoms with Gasteiger partial charge in [-0.05, 0) is 18.9 Å². The van der Waals surface area contributed by atoms with Gasteiger partial charge < -0.3 is 5.32 Å². The number of thiazole rings is 1. The van der Waals surface area contributed by atoms with Gasteiger partial charge in [0.05, 0.1) is 17.7 Å². The van der Waals surface area contributed by atoms with Crippen LogP contribution in [0.15, 0.2) is 17.0 Å². The Kier molecular flexibility index (Phi) is 3.68. The zero-order valence-electron chi connectivity index (χ0n) is 10.3. The molecule has 0 saturated heterocycles. The SMILES string of the molecule is Cc1cc(C(C)C)nc(NCc2cscn2)n1. The van der Waals surface area contributed by atoms with Crippen LogP contribution in [0.2, 0.25) is 0 Å². The van der Waals surface area contributed by atoms with Crippen molar-refractivity contribution in [1.29, 1.82) is 0 Å². The van der Waals surface area contributed by atoms with Crippen LogP contribution in [0, 0.1) is 6.92 Å². The highest BCUT2D eigenvalue weighted by molar-refractivity contribution is 7.07. The molecule has 0 aliphatic heterocycles. The van der Waals surface area contributed by atoms with E-state index < -0.39 is 0 Å². The molecular weight excluding hydrogens is 232 g/mol. The van der Waals surface area contributed by atoms with Crippen molar-refractivity contribution in [3.8, 4) is 0 Å². The molecule has 1 N–H and O–H groups in total. The first-order valence-electron chi connectivity index (χ1n) is 5.61. The van der Waals surface area contributed by atoms with Gasteiger partial charge >= 0.3 is 0 Å². The van der Waals surface area contributed by atoms with Crippen LogP contribution in [0.1, 0.15) is 36.8 Å². The van der Waals surface area contributed by atoms with E-state index in [1.165, 1.54) is 0 Å². The lowest BCUT2D eigenvalue weighted by molar-refractivity contribution is 0.808. The molecule has 5 heteroatoms. The van der Waals surface area contributed by atoms with Crippen LogP contribution in [0.3, 0.4) is 0 Å². The van der Waals surface area contributed by atoms with Crippen molar-refractivity contribution < 1.29 is 0 Å². The van der Waals surface area contributed by atoms with Gasteiger partial charge in [-0.1, -0.05) is 13.8 Å². The molecule has 4 nitrogen and oxygen atoms in total. The zero-order valence-corrected chi connectivity index (χ0v) is 11.1. The van der Waals surface area contributed by atoms with E-state index in [0.717, 1.165) is 17.1 Å². The second-order valence-corrected chi connectivity index (χ2v) is 4.96. The molecule has 0 aliphatic rings. The van der Waals surface area contributed by atoms with Gasteiger partial charge in [0, 0.05) is 16.8 Å². The topological polar surface area (TPSA) is 50.7 Å². The first-order valence-corrected chi connectivity index (χ1v) is 6.56. The number of rotatable bonds is 4. The molecule has 0 bridgehead atoms. The van der Waals surface area contributed by atoms with Gasteiger partial charge in [0.25, 0.3) is 0 Å². The fourth-order valence-corrected chi connectivity index (χ4v) is 2.02. The Morgan fingerprint density at radius 3 is 2.82 bits per heavy atom. The van der Waals surface area contributed by atoms with Crippen LogP contribution in [0.5, 0.6) is 0 Å². The molecule has 0 saturated carbocycles. The van der Waals surface area contributed by atoms with Gasteiger partial charge in [0.15, 0.2) is 0 Å². The molecule has 2 heterocycles. The maximum atomic E-state index is 4.49. The Hall–Kier alpha value is -1.49. The van der Waals surface area contributed by atoms with Gasteiger partial charge in [-0.25, -0.2) is 15.0 Å². The number of hydrogen-bond acceptors (Lipinski definition) is 5. The summed E-state index contributed by atoms with van der Waals surface area (Å²) in [5, 5.41) is 5.23. The van der Waals surface area contributed by atoms with E-state index in [9.17, 15) is 0 Å². The Balaban J connectivity index is 2.10. The first-order chi connectivity index (χ1) is 8.15. The smallest absolute Gasteiger partial charge is 0.223 e. The third-order valence-corrected chi connectivity index (χ3v) is 3.01. The fourth-order valence-electron chi connectivity index (χ4n) is 1.46. The van der Waals surface area contributed by atoms with Gasteiger partial charge in [-0.3, -0.25) is 0 Å².